The van der Waals surface area contributed by atoms with Gasteiger partial charge in [0.15, 0.2) is 5.70 Å². The highest BCUT2D eigenvalue weighted by molar-refractivity contribution is 7.21. The first kappa shape index (κ1) is 15.9. The molecule has 25 heavy (non-hydrogen) atoms. The molecule has 0 amide bonds. The lowest BCUT2D eigenvalue weighted by Gasteiger charge is -1.99. The fourth-order valence-corrected chi connectivity index (χ4v) is 3.95. The zero-order chi connectivity index (χ0) is 17.4. The number of halogens is 1. The number of methoxy groups -OCH3 is 1. The Morgan fingerprint density at radius 3 is 2.64 bits per heavy atom. The van der Waals surface area contributed by atoms with Crippen LogP contribution in [0.3, 0.4) is 0 Å². The van der Waals surface area contributed by atoms with E-state index in [0.717, 1.165) is 21.4 Å². The van der Waals surface area contributed by atoms with Gasteiger partial charge in [-0.1, -0.05) is 41.9 Å². The lowest BCUT2D eigenvalue weighted by molar-refractivity contribution is -0.129. The zero-order valence-electron chi connectivity index (χ0n) is 13.2. The number of carbonyl (C=O) groups excluding carboxylic acids is 1. The van der Waals surface area contributed by atoms with Crippen molar-refractivity contribution in [1.29, 1.82) is 0 Å². The third kappa shape index (κ3) is 2.92. The molecular formula is C19H12ClNO3S. The summed E-state index contributed by atoms with van der Waals surface area (Å²) in [7, 11) is 1.60. The molecule has 0 atom stereocenters. The normalized spacial score (nSPS) is 15.5. The fourth-order valence-electron chi connectivity index (χ4n) is 2.52. The fraction of sp³-hybridized carbons (Fsp3) is 0.0526. The summed E-state index contributed by atoms with van der Waals surface area (Å²) in [5, 5.41) is 1.48. The number of cyclic esters (lactones) is 1. The van der Waals surface area contributed by atoms with E-state index in [9.17, 15) is 4.79 Å². The topological polar surface area (TPSA) is 47.9 Å². The number of carbonyl (C=O) groups is 1. The number of nitrogens with zero attached hydrogens (tertiary/aromatic N) is 1. The molecule has 1 aliphatic heterocycles. The van der Waals surface area contributed by atoms with Gasteiger partial charge in [0.1, 0.15) is 10.6 Å². The van der Waals surface area contributed by atoms with Gasteiger partial charge in [0, 0.05) is 10.1 Å². The molecule has 6 heteroatoms. The van der Waals surface area contributed by atoms with Crippen molar-refractivity contribution in [3.8, 4) is 5.75 Å². The smallest absolute Gasteiger partial charge is 0.363 e. The van der Waals surface area contributed by atoms with Crippen molar-refractivity contribution in [2.75, 3.05) is 7.11 Å². The molecule has 2 aromatic carbocycles. The summed E-state index contributed by atoms with van der Waals surface area (Å²) in [5.74, 6) is 0.507. The largest absolute Gasteiger partial charge is 0.497 e. The van der Waals surface area contributed by atoms with Crippen molar-refractivity contribution >= 4 is 51.0 Å². The lowest BCUT2D eigenvalue weighted by atomic mass is 10.2. The van der Waals surface area contributed by atoms with Crippen LogP contribution in [-0.4, -0.2) is 19.0 Å². The molecule has 1 aliphatic rings. The summed E-state index contributed by atoms with van der Waals surface area (Å²) in [6.45, 7) is 0. The van der Waals surface area contributed by atoms with E-state index in [2.05, 4.69) is 4.99 Å². The second-order valence-electron chi connectivity index (χ2n) is 5.35. The molecule has 0 saturated heterocycles. The Balaban J connectivity index is 1.71. The SMILES string of the molecule is COc1ccc(C=C2N=C(c3sc4ccccc4c3Cl)OC2=O)cc1. The highest BCUT2D eigenvalue weighted by Gasteiger charge is 2.27. The van der Waals surface area contributed by atoms with E-state index in [4.69, 9.17) is 21.1 Å². The standard InChI is InChI=1S/C19H12ClNO3S/c1-23-12-8-6-11(7-9-12)10-14-19(22)24-18(21-14)17-16(20)13-4-2-3-5-15(13)25-17/h2-10H,1H3. The summed E-state index contributed by atoms with van der Waals surface area (Å²) in [6.07, 6.45) is 1.68. The average molecular weight is 370 g/mol. The van der Waals surface area contributed by atoms with E-state index in [1.165, 1.54) is 11.3 Å². The maximum Gasteiger partial charge on any atom is 0.363 e. The van der Waals surface area contributed by atoms with Gasteiger partial charge in [-0.15, -0.1) is 11.3 Å². The van der Waals surface area contributed by atoms with Crippen molar-refractivity contribution in [3.63, 3.8) is 0 Å². The zero-order valence-corrected chi connectivity index (χ0v) is 14.7. The number of fused-ring (bicyclic) bond motifs is 1. The molecular weight excluding hydrogens is 358 g/mol. The number of ether oxygens (including phenoxy) is 2. The van der Waals surface area contributed by atoms with Gasteiger partial charge in [-0.05, 0) is 29.8 Å². The van der Waals surface area contributed by atoms with Gasteiger partial charge in [-0.25, -0.2) is 9.79 Å². The predicted octanol–water partition coefficient (Wildman–Crippen LogP) is 4.91. The first-order chi connectivity index (χ1) is 12.2. The molecule has 0 unspecified atom stereocenters. The van der Waals surface area contributed by atoms with E-state index in [0.29, 0.717) is 9.90 Å². The molecule has 0 radical (unpaired) electrons. The first-order valence-corrected chi connectivity index (χ1v) is 8.69. The van der Waals surface area contributed by atoms with Crippen molar-refractivity contribution in [2.45, 2.75) is 0 Å². The monoisotopic (exact) mass is 369 g/mol. The Labute approximate surface area is 153 Å². The van der Waals surface area contributed by atoms with Crippen LogP contribution >= 0.6 is 22.9 Å². The van der Waals surface area contributed by atoms with Crippen molar-refractivity contribution in [1.82, 2.24) is 0 Å². The third-order valence-electron chi connectivity index (χ3n) is 3.77. The minimum Gasteiger partial charge on any atom is -0.497 e. The molecule has 0 fully saturated rings. The molecule has 0 saturated carbocycles. The Morgan fingerprint density at radius 1 is 1.16 bits per heavy atom. The van der Waals surface area contributed by atoms with E-state index in [1.807, 2.05) is 48.5 Å². The molecule has 4 rings (SSSR count). The van der Waals surface area contributed by atoms with E-state index in [1.54, 1.807) is 13.2 Å². The van der Waals surface area contributed by atoms with E-state index in [-0.39, 0.29) is 11.6 Å². The lowest BCUT2D eigenvalue weighted by Crippen LogP contribution is -2.04. The van der Waals surface area contributed by atoms with Crippen LogP contribution in [0.15, 0.2) is 59.2 Å². The molecule has 0 N–H and O–H groups in total. The molecule has 3 aromatic rings. The number of thiophene rings is 1. The van der Waals surface area contributed by atoms with Gasteiger partial charge in [-0.3, -0.25) is 0 Å². The molecule has 4 nitrogen and oxygen atoms in total. The second-order valence-corrected chi connectivity index (χ2v) is 6.78. The van der Waals surface area contributed by atoms with Crippen LogP contribution in [-0.2, 0) is 9.53 Å². The highest BCUT2D eigenvalue weighted by atomic mass is 35.5. The van der Waals surface area contributed by atoms with Crippen LogP contribution in [0.2, 0.25) is 5.02 Å². The molecule has 1 aromatic heterocycles. The molecule has 124 valence electrons. The van der Waals surface area contributed by atoms with Gasteiger partial charge in [0.2, 0.25) is 5.90 Å². The number of esters is 1. The number of rotatable bonds is 3. The molecule has 0 spiro atoms. The van der Waals surface area contributed by atoms with Crippen LogP contribution in [0.25, 0.3) is 16.2 Å². The van der Waals surface area contributed by atoms with Crippen molar-refractivity contribution in [2.24, 2.45) is 4.99 Å². The van der Waals surface area contributed by atoms with Crippen LogP contribution in [0.1, 0.15) is 10.4 Å². The van der Waals surface area contributed by atoms with Crippen LogP contribution < -0.4 is 4.74 Å². The molecule has 2 heterocycles. The van der Waals surface area contributed by atoms with Gasteiger partial charge in [0.05, 0.1) is 12.1 Å². The van der Waals surface area contributed by atoms with Crippen molar-refractivity contribution in [3.05, 3.63) is 69.7 Å². The van der Waals surface area contributed by atoms with Crippen molar-refractivity contribution < 1.29 is 14.3 Å². The Hall–Kier alpha value is -2.63. The van der Waals surface area contributed by atoms with Gasteiger partial charge >= 0.3 is 5.97 Å². The molecule has 0 aliphatic carbocycles. The van der Waals surface area contributed by atoms with Crippen LogP contribution in [0, 0.1) is 0 Å². The quantitative estimate of drug-likeness (QED) is 0.487. The Kier molecular flexibility index (Phi) is 4.03. The first-order valence-electron chi connectivity index (χ1n) is 7.50. The minimum absolute atomic E-state index is 0.244. The number of benzene rings is 2. The maximum absolute atomic E-state index is 12.1. The van der Waals surface area contributed by atoms with Gasteiger partial charge < -0.3 is 9.47 Å². The Bertz CT molecular complexity index is 1030. The number of hydrogen-bond donors (Lipinski definition) is 0. The summed E-state index contributed by atoms with van der Waals surface area (Å²) < 4.78 is 11.5. The Morgan fingerprint density at radius 2 is 1.92 bits per heavy atom. The predicted molar refractivity (Wildman–Crippen MR) is 100 cm³/mol. The maximum atomic E-state index is 12.1. The minimum atomic E-state index is -0.487. The highest BCUT2D eigenvalue weighted by Crippen LogP contribution is 2.37. The summed E-state index contributed by atoms with van der Waals surface area (Å²) in [5.41, 5.74) is 1.08. The number of hydrogen-bond acceptors (Lipinski definition) is 5. The average Bonchev–Trinajstić information content (AvgIpc) is 3.16. The van der Waals surface area contributed by atoms with E-state index >= 15 is 0 Å². The second kappa shape index (κ2) is 6.35. The van der Waals surface area contributed by atoms with Gasteiger partial charge in [-0.2, -0.15) is 0 Å². The number of aliphatic imine (C=N–C) groups is 1. The van der Waals surface area contributed by atoms with Crippen LogP contribution in [0.4, 0.5) is 0 Å². The third-order valence-corrected chi connectivity index (χ3v) is 5.43. The van der Waals surface area contributed by atoms with E-state index < -0.39 is 5.97 Å². The summed E-state index contributed by atoms with van der Waals surface area (Å²) in [6, 6.07) is 15.1. The molecule has 0 bridgehead atoms. The summed E-state index contributed by atoms with van der Waals surface area (Å²) >= 11 is 7.88. The summed E-state index contributed by atoms with van der Waals surface area (Å²) in [4.78, 5) is 17.1. The van der Waals surface area contributed by atoms with Crippen LogP contribution in [0.5, 0.6) is 5.75 Å². The van der Waals surface area contributed by atoms with Gasteiger partial charge in [0.25, 0.3) is 0 Å².